The maximum atomic E-state index is 12.9. The minimum absolute atomic E-state index is 0.0496. The lowest BCUT2D eigenvalue weighted by molar-refractivity contribution is -0.160. The van der Waals surface area contributed by atoms with Crippen LogP contribution in [-0.4, -0.2) is 23.2 Å². The molecule has 0 saturated heterocycles. The van der Waals surface area contributed by atoms with Gasteiger partial charge in [-0.2, -0.15) is 4.33 Å². The molecular weight excluding hydrogens is 442 g/mol. The molecule has 0 unspecified atom stereocenters. The van der Waals surface area contributed by atoms with Gasteiger partial charge in [0.2, 0.25) is 0 Å². The Kier molecular flexibility index (Phi) is 6.84. The zero-order valence-electron chi connectivity index (χ0n) is 17.4. The molecule has 0 saturated carbocycles. The maximum Gasteiger partial charge on any atom is 0.259 e. The lowest BCUT2D eigenvalue weighted by atomic mass is 10.0. The molecule has 33 heavy (non-hydrogen) atoms. The van der Waals surface area contributed by atoms with E-state index in [1.165, 1.54) is 13.2 Å². The van der Waals surface area contributed by atoms with Crippen molar-refractivity contribution in [3.63, 3.8) is 0 Å². The van der Waals surface area contributed by atoms with Gasteiger partial charge >= 0.3 is 0 Å². The Balaban J connectivity index is 1.74. The normalized spacial score (nSPS) is 11.2. The molecule has 0 spiro atoms. The number of para-hydroxylation sites is 1. The van der Waals surface area contributed by atoms with Gasteiger partial charge in [0.25, 0.3) is 5.91 Å². The molecule has 166 valence electrons. The van der Waals surface area contributed by atoms with E-state index in [0.717, 1.165) is 12.0 Å². The molecule has 4 aromatic carbocycles. The first-order valence-electron chi connectivity index (χ1n) is 9.80. The number of azo groups is 1. The van der Waals surface area contributed by atoms with Crippen LogP contribution in [0.3, 0.4) is 0 Å². The van der Waals surface area contributed by atoms with E-state index in [1.54, 1.807) is 54.6 Å². The van der Waals surface area contributed by atoms with Gasteiger partial charge in [0.1, 0.15) is 17.1 Å². The Morgan fingerprint density at radius 2 is 1.70 bits per heavy atom. The van der Waals surface area contributed by atoms with Crippen molar-refractivity contribution >= 4 is 45.8 Å². The highest BCUT2D eigenvalue weighted by Crippen LogP contribution is 2.41. The van der Waals surface area contributed by atoms with Gasteiger partial charge in [0, 0.05) is 16.0 Å². The van der Waals surface area contributed by atoms with Crippen LogP contribution in [0.15, 0.2) is 94.0 Å². The van der Waals surface area contributed by atoms with Gasteiger partial charge in [0.15, 0.2) is 5.75 Å². The minimum Gasteiger partial charge on any atom is -0.506 e. The Bertz CT molecular complexity index is 1330. The lowest BCUT2D eigenvalue weighted by Gasteiger charge is -2.11. The lowest BCUT2D eigenvalue weighted by Crippen LogP contribution is -2.12. The van der Waals surface area contributed by atoms with Crippen molar-refractivity contribution in [1.29, 1.82) is 0 Å². The SMILES string of the molecule is COOSc1ccc(O)c(N=Nc2c(O)c(C(=O)Nc3ccccc3)cc3ccccc23)c1. The van der Waals surface area contributed by atoms with Crippen molar-refractivity contribution in [3.8, 4) is 11.5 Å². The van der Waals surface area contributed by atoms with Crippen molar-refractivity contribution < 1.29 is 24.2 Å². The van der Waals surface area contributed by atoms with Crippen LogP contribution in [0.5, 0.6) is 11.5 Å². The Labute approximate surface area is 193 Å². The number of fused-ring (bicyclic) bond motifs is 1. The fourth-order valence-corrected chi connectivity index (χ4v) is 3.55. The number of phenolic OH excluding ortho intramolecular Hbond substituents is 2. The predicted molar refractivity (Wildman–Crippen MR) is 126 cm³/mol. The zero-order chi connectivity index (χ0) is 23.2. The number of aromatic hydroxyl groups is 2. The van der Waals surface area contributed by atoms with Crippen molar-refractivity contribution in [2.24, 2.45) is 10.2 Å². The number of carbonyl (C=O) groups is 1. The summed E-state index contributed by atoms with van der Waals surface area (Å²) < 4.78 is 4.82. The Morgan fingerprint density at radius 1 is 0.939 bits per heavy atom. The van der Waals surface area contributed by atoms with E-state index in [9.17, 15) is 15.0 Å². The molecule has 4 aromatic rings. The van der Waals surface area contributed by atoms with Gasteiger partial charge in [-0.1, -0.05) is 42.5 Å². The smallest absolute Gasteiger partial charge is 0.259 e. The Morgan fingerprint density at radius 3 is 2.48 bits per heavy atom. The molecule has 0 aliphatic heterocycles. The number of phenols is 2. The van der Waals surface area contributed by atoms with Crippen LogP contribution >= 0.6 is 12.0 Å². The highest BCUT2D eigenvalue weighted by Gasteiger charge is 2.18. The average Bonchev–Trinajstić information content (AvgIpc) is 2.83. The van der Waals surface area contributed by atoms with Crippen molar-refractivity contribution in [2.45, 2.75) is 4.90 Å². The summed E-state index contributed by atoms with van der Waals surface area (Å²) in [4.78, 5) is 18.1. The van der Waals surface area contributed by atoms with E-state index in [4.69, 9.17) is 4.33 Å². The minimum atomic E-state index is -0.487. The molecule has 0 aliphatic rings. The van der Waals surface area contributed by atoms with Gasteiger partial charge in [0.05, 0.1) is 24.7 Å². The monoisotopic (exact) mass is 461 g/mol. The summed E-state index contributed by atoms with van der Waals surface area (Å²) >= 11 is 0.941. The molecule has 4 rings (SSSR count). The van der Waals surface area contributed by atoms with Gasteiger partial charge in [-0.3, -0.25) is 4.79 Å². The molecule has 0 radical (unpaired) electrons. The molecule has 0 atom stereocenters. The summed E-state index contributed by atoms with van der Waals surface area (Å²) in [5.41, 5.74) is 0.906. The van der Waals surface area contributed by atoms with E-state index >= 15 is 0 Å². The maximum absolute atomic E-state index is 12.9. The van der Waals surface area contributed by atoms with Crippen LogP contribution in [0, 0.1) is 0 Å². The quantitative estimate of drug-likeness (QED) is 0.125. The summed E-state index contributed by atoms with van der Waals surface area (Å²) in [5.74, 6) is -0.917. The van der Waals surface area contributed by atoms with Crippen LogP contribution in [0.2, 0.25) is 0 Å². The van der Waals surface area contributed by atoms with Crippen molar-refractivity contribution in [3.05, 3.63) is 84.4 Å². The number of nitrogens with one attached hydrogen (secondary N) is 1. The second-order valence-corrected chi connectivity index (χ2v) is 7.61. The summed E-state index contributed by atoms with van der Waals surface area (Å²) in [5, 5.41) is 33.5. The van der Waals surface area contributed by atoms with Crippen LogP contribution in [0.1, 0.15) is 10.4 Å². The first-order chi connectivity index (χ1) is 16.1. The van der Waals surface area contributed by atoms with E-state index in [-0.39, 0.29) is 28.4 Å². The number of anilines is 1. The summed E-state index contributed by atoms with van der Waals surface area (Å²) in [6.45, 7) is 0. The highest BCUT2D eigenvalue weighted by atomic mass is 32.2. The second-order valence-electron chi connectivity index (χ2n) is 6.83. The summed E-state index contributed by atoms with van der Waals surface area (Å²) in [6.07, 6.45) is 0. The van der Waals surface area contributed by atoms with Crippen LogP contribution < -0.4 is 5.32 Å². The molecule has 1 amide bonds. The summed E-state index contributed by atoms with van der Waals surface area (Å²) in [7, 11) is 1.38. The fraction of sp³-hybridized carbons (Fsp3) is 0.0417. The van der Waals surface area contributed by atoms with Crippen molar-refractivity contribution in [2.75, 3.05) is 12.4 Å². The molecule has 3 N–H and O–H groups in total. The van der Waals surface area contributed by atoms with Crippen LogP contribution in [-0.2, 0) is 9.22 Å². The summed E-state index contributed by atoms with van der Waals surface area (Å²) in [6, 6.07) is 22.3. The van der Waals surface area contributed by atoms with E-state index < -0.39 is 5.91 Å². The molecule has 8 nitrogen and oxygen atoms in total. The molecule has 0 fully saturated rings. The number of hydrogen-bond donors (Lipinski definition) is 3. The predicted octanol–water partition coefficient (Wildman–Crippen LogP) is 6.50. The van der Waals surface area contributed by atoms with E-state index in [0.29, 0.717) is 21.4 Å². The number of carbonyl (C=O) groups excluding carboxylic acids is 1. The molecule has 0 aliphatic carbocycles. The largest absolute Gasteiger partial charge is 0.506 e. The number of benzene rings is 4. The number of rotatable bonds is 7. The molecule has 0 bridgehead atoms. The standard InChI is InChI=1S/C24H19N3O5S/c1-31-32-33-17-11-12-21(28)20(14-17)26-27-22-18-10-6-5-7-15(18)13-19(23(22)29)24(30)25-16-8-3-2-4-9-16/h2-14,28-29H,1H3,(H,25,30). The van der Waals surface area contributed by atoms with Gasteiger partial charge < -0.3 is 15.5 Å². The highest BCUT2D eigenvalue weighted by molar-refractivity contribution is 7.94. The van der Waals surface area contributed by atoms with Gasteiger partial charge in [-0.25, -0.2) is 4.89 Å². The van der Waals surface area contributed by atoms with Gasteiger partial charge in [-0.05, 0) is 41.8 Å². The van der Waals surface area contributed by atoms with Gasteiger partial charge in [-0.15, -0.1) is 10.2 Å². The molecular formula is C24H19N3O5S. The second kappa shape index (κ2) is 10.1. The third-order valence-corrected chi connectivity index (χ3v) is 5.32. The van der Waals surface area contributed by atoms with Crippen molar-refractivity contribution in [1.82, 2.24) is 0 Å². The first kappa shape index (κ1) is 22.3. The first-order valence-corrected chi connectivity index (χ1v) is 10.5. The number of hydrogen-bond acceptors (Lipinski definition) is 8. The average molecular weight is 461 g/mol. The number of nitrogens with zero attached hydrogens (tertiary/aromatic N) is 2. The van der Waals surface area contributed by atoms with E-state index in [1.807, 2.05) is 18.2 Å². The molecule has 9 heteroatoms. The Hall–Kier alpha value is -3.92. The third kappa shape index (κ3) is 5.12. The topological polar surface area (TPSA) is 113 Å². The molecule has 0 aromatic heterocycles. The zero-order valence-corrected chi connectivity index (χ0v) is 18.2. The fourth-order valence-electron chi connectivity index (χ4n) is 3.12. The van der Waals surface area contributed by atoms with E-state index in [2.05, 4.69) is 20.4 Å². The molecule has 0 heterocycles. The third-order valence-electron chi connectivity index (χ3n) is 4.67. The van der Waals surface area contributed by atoms with Crippen LogP contribution in [0.25, 0.3) is 10.8 Å². The van der Waals surface area contributed by atoms with Crippen LogP contribution in [0.4, 0.5) is 17.1 Å². The number of amides is 1.